The monoisotopic (exact) mass is 320 g/mol. The van der Waals surface area contributed by atoms with Gasteiger partial charge < -0.3 is 9.84 Å². The third-order valence-electron chi connectivity index (χ3n) is 2.97. The molecule has 0 aliphatic rings. The van der Waals surface area contributed by atoms with E-state index in [4.69, 9.17) is 21.4 Å². The predicted molar refractivity (Wildman–Crippen MR) is 88.1 cm³/mol. The lowest BCUT2D eigenvalue weighted by molar-refractivity contribution is 0.305. The Kier molecular flexibility index (Phi) is 6.13. The molecule has 0 aliphatic heterocycles. The topological polar surface area (TPSA) is 29.5 Å². The Morgan fingerprint density at radius 3 is 2.95 bits per heavy atom. The molecule has 0 unspecified atom stereocenters. The molecule has 21 heavy (non-hydrogen) atoms. The zero-order valence-corrected chi connectivity index (χ0v) is 13.4. The Labute approximate surface area is 134 Å². The minimum Gasteiger partial charge on any atom is -0.488 e. The SMILES string of the molecule is CCc1cc(OCc2sccc2C#CCCO)ccc1Cl. The van der Waals surface area contributed by atoms with Gasteiger partial charge in [0.1, 0.15) is 12.4 Å². The molecule has 1 N–H and O–H groups in total. The molecule has 2 nitrogen and oxygen atoms in total. The largest absolute Gasteiger partial charge is 0.488 e. The normalized spacial score (nSPS) is 10.0. The Balaban J connectivity index is 2.04. The van der Waals surface area contributed by atoms with Gasteiger partial charge in [0.15, 0.2) is 0 Å². The molecule has 2 rings (SSSR count). The first-order valence-corrected chi connectivity index (χ1v) is 8.07. The number of hydrogen-bond donors (Lipinski definition) is 1. The van der Waals surface area contributed by atoms with Crippen LogP contribution in [0.25, 0.3) is 0 Å². The third-order valence-corrected chi connectivity index (χ3v) is 4.24. The average molecular weight is 321 g/mol. The minimum atomic E-state index is 0.0908. The number of aryl methyl sites for hydroxylation is 1. The Hall–Kier alpha value is -1.47. The summed E-state index contributed by atoms with van der Waals surface area (Å²) in [6.45, 7) is 2.65. The molecular formula is C17H17ClO2S. The van der Waals surface area contributed by atoms with Crippen molar-refractivity contribution in [3.8, 4) is 17.6 Å². The van der Waals surface area contributed by atoms with Crippen molar-refractivity contribution in [1.29, 1.82) is 0 Å². The fourth-order valence-electron chi connectivity index (χ4n) is 1.84. The van der Waals surface area contributed by atoms with Gasteiger partial charge in [0.2, 0.25) is 0 Å². The number of aliphatic hydroxyl groups is 1. The number of halogens is 1. The summed E-state index contributed by atoms with van der Waals surface area (Å²) in [5.41, 5.74) is 2.06. The van der Waals surface area contributed by atoms with E-state index in [-0.39, 0.29) is 6.61 Å². The molecule has 1 heterocycles. The van der Waals surface area contributed by atoms with E-state index >= 15 is 0 Å². The number of thiophene rings is 1. The van der Waals surface area contributed by atoms with Crippen LogP contribution in [0.3, 0.4) is 0 Å². The van der Waals surface area contributed by atoms with Gasteiger partial charge in [-0.3, -0.25) is 0 Å². The summed E-state index contributed by atoms with van der Waals surface area (Å²) < 4.78 is 5.83. The van der Waals surface area contributed by atoms with Gasteiger partial charge in [-0.1, -0.05) is 30.4 Å². The summed E-state index contributed by atoms with van der Waals surface area (Å²) >= 11 is 7.72. The van der Waals surface area contributed by atoms with Gasteiger partial charge in [-0.25, -0.2) is 0 Å². The molecule has 0 saturated carbocycles. The predicted octanol–water partition coefficient (Wildman–Crippen LogP) is 4.28. The fourth-order valence-corrected chi connectivity index (χ4v) is 2.83. The molecule has 0 aliphatic carbocycles. The summed E-state index contributed by atoms with van der Waals surface area (Å²) in [6.07, 6.45) is 1.38. The van der Waals surface area contributed by atoms with Crippen molar-refractivity contribution in [2.75, 3.05) is 6.61 Å². The van der Waals surface area contributed by atoms with E-state index in [0.29, 0.717) is 13.0 Å². The van der Waals surface area contributed by atoms with Crippen molar-refractivity contribution in [2.24, 2.45) is 0 Å². The van der Waals surface area contributed by atoms with Crippen molar-refractivity contribution in [3.63, 3.8) is 0 Å². The number of benzene rings is 1. The van der Waals surface area contributed by atoms with Crippen LogP contribution >= 0.6 is 22.9 Å². The number of hydrogen-bond acceptors (Lipinski definition) is 3. The highest BCUT2D eigenvalue weighted by Crippen LogP contribution is 2.24. The van der Waals surface area contributed by atoms with E-state index < -0.39 is 0 Å². The van der Waals surface area contributed by atoms with Gasteiger partial charge in [-0.2, -0.15) is 0 Å². The van der Waals surface area contributed by atoms with E-state index in [1.165, 1.54) is 0 Å². The van der Waals surface area contributed by atoms with Crippen LogP contribution in [0.5, 0.6) is 5.75 Å². The summed E-state index contributed by atoms with van der Waals surface area (Å²) in [5, 5.41) is 11.5. The molecule has 0 fully saturated rings. The van der Waals surface area contributed by atoms with E-state index in [0.717, 1.165) is 33.2 Å². The number of aliphatic hydroxyl groups excluding tert-OH is 1. The number of ether oxygens (including phenoxy) is 1. The van der Waals surface area contributed by atoms with Gasteiger partial charge in [0, 0.05) is 17.0 Å². The molecule has 0 saturated heterocycles. The van der Waals surface area contributed by atoms with Gasteiger partial charge in [0.05, 0.1) is 11.5 Å². The smallest absolute Gasteiger partial charge is 0.124 e. The summed E-state index contributed by atoms with van der Waals surface area (Å²) in [4.78, 5) is 1.09. The molecule has 2 aromatic rings. The summed E-state index contributed by atoms with van der Waals surface area (Å²) in [7, 11) is 0. The molecule has 0 atom stereocenters. The van der Waals surface area contributed by atoms with Crippen LogP contribution < -0.4 is 4.74 Å². The summed E-state index contributed by atoms with van der Waals surface area (Å²) in [5.74, 6) is 6.82. The van der Waals surface area contributed by atoms with Gasteiger partial charge in [0.25, 0.3) is 0 Å². The van der Waals surface area contributed by atoms with E-state index in [2.05, 4.69) is 18.8 Å². The molecule has 4 heteroatoms. The highest BCUT2D eigenvalue weighted by Gasteiger charge is 2.05. The zero-order chi connectivity index (χ0) is 15.1. The first-order chi connectivity index (χ1) is 10.2. The van der Waals surface area contributed by atoms with Crippen LogP contribution in [-0.4, -0.2) is 11.7 Å². The van der Waals surface area contributed by atoms with Crippen LogP contribution in [0.1, 0.15) is 29.3 Å². The Morgan fingerprint density at radius 2 is 2.19 bits per heavy atom. The second kappa shape index (κ2) is 8.09. The van der Waals surface area contributed by atoms with Crippen molar-refractivity contribution in [1.82, 2.24) is 0 Å². The van der Waals surface area contributed by atoms with Crippen LogP contribution in [0.15, 0.2) is 29.6 Å². The highest BCUT2D eigenvalue weighted by molar-refractivity contribution is 7.10. The quantitative estimate of drug-likeness (QED) is 0.833. The lowest BCUT2D eigenvalue weighted by Gasteiger charge is -2.08. The molecular weight excluding hydrogens is 304 g/mol. The van der Waals surface area contributed by atoms with Crippen molar-refractivity contribution >= 4 is 22.9 Å². The molecule has 0 spiro atoms. The lowest BCUT2D eigenvalue weighted by Crippen LogP contribution is -1.96. The molecule has 110 valence electrons. The molecule has 0 radical (unpaired) electrons. The van der Waals surface area contributed by atoms with E-state index in [9.17, 15) is 0 Å². The standard InChI is InChI=1S/C17H17ClO2S/c1-2-13-11-15(6-7-16(13)18)20-12-17-14(8-10-21-17)5-3-4-9-19/h6-8,10-11,19H,2,4,9,12H2,1H3. The van der Waals surface area contributed by atoms with Crippen molar-refractivity contribution < 1.29 is 9.84 Å². The maximum Gasteiger partial charge on any atom is 0.124 e. The second-order valence-electron chi connectivity index (χ2n) is 4.43. The highest BCUT2D eigenvalue weighted by atomic mass is 35.5. The second-order valence-corrected chi connectivity index (χ2v) is 5.84. The molecule has 0 amide bonds. The van der Waals surface area contributed by atoms with Gasteiger partial charge in [-0.15, -0.1) is 11.3 Å². The average Bonchev–Trinajstić information content (AvgIpc) is 2.94. The first kappa shape index (κ1) is 15.9. The van der Waals surface area contributed by atoms with Gasteiger partial charge in [-0.05, 0) is 41.6 Å². The fraction of sp³-hybridized carbons (Fsp3) is 0.294. The minimum absolute atomic E-state index is 0.0908. The van der Waals surface area contributed by atoms with Crippen molar-refractivity contribution in [2.45, 2.75) is 26.4 Å². The Morgan fingerprint density at radius 1 is 1.33 bits per heavy atom. The maximum absolute atomic E-state index is 8.75. The molecule has 1 aromatic heterocycles. The van der Waals surface area contributed by atoms with Crippen molar-refractivity contribution in [3.05, 3.63) is 50.7 Å². The molecule has 1 aromatic carbocycles. The number of rotatable bonds is 5. The first-order valence-electron chi connectivity index (χ1n) is 6.82. The van der Waals surface area contributed by atoms with E-state index in [1.807, 2.05) is 29.6 Å². The van der Waals surface area contributed by atoms with Crippen LogP contribution in [0, 0.1) is 11.8 Å². The zero-order valence-electron chi connectivity index (χ0n) is 11.9. The van der Waals surface area contributed by atoms with Crippen LogP contribution in [0.2, 0.25) is 5.02 Å². The molecule has 0 bridgehead atoms. The van der Waals surface area contributed by atoms with Crippen LogP contribution in [-0.2, 0) is 13.0 Å². The Bertz CT molecular complexity index is 652. The van der Waals surface area contributed by atoms with Crippen LogP contribution in [0.4, 0.5) is 0 Å². The van der Waals surface area contributed by atoms with Gasteiger partial charge >= 0.3 is 0 Å². The van der Waals surface area contributed by atoms with E-state index in [1.54, 1.807) is 11.3 Å². The third kappa shape index (κ3) is 4.50. The maximum atomic E-state index is 8.75. The summed E-state index contributed by atoms with van der Waals surface area (Å²) in [6, 6.07) is 7.71. The lowest BCUT2D eigenvalue weighted by atomic mass is 10.1.